The average Bonchev–Trinajstić information content (AvgIpc) is 3.10. The lowest BCUT2D eigenvalue weighted by Gasteiger charge is -2.15. The first kappa shape index (κ1) is 12.0. The molecule has 3 heteroatoms. The maximum Gasteiger partial charge on any atom is 0.0307 e. The second-order valence-electron chi connectivity index (χ2n) is 4.62. The predicted octanol–water partition coefficient (Wildman–Crippen LogP) is 2.72. The third kappa shape index (κ3) is 3.51. The van der Waals surface area contributed by atoms with Gasteiger partial charge in [-0.25, -0.2) is 0 Å². The van der Waals surface area contributed by atoms with Gasteiger partial charge in [-0.3, -0.25) is 11.3 Å². The van der Waals surface area contributed by atoms with E-state index < -0.39 is 0 Å². The molecule has 1 aliphatic rings. The summed E-state index contributed by atoms with van der Waals surface area (Å²) in [5.74, 6) is 7.58. The van der Waals surface area contributed by atoms with Gasteiger partial charge in [0.2, 0.25) is 0 Å². The molecule has 1 aromatic carbocycles. The van der Waals surface area contributed by atoms with E-state index in [1.54, 1.807) is 0 Å². The Morgan fingerprint density at radius 2 is 2.19 bits per heavy atom. The largest absolute Gasteiger partial charge is 0.271 e. The number of nitrogens with two attached hydrogens (primary N) is 1. The lowest BCUT2D eigenvalue weighted by atomic mass is 10.2. The van der Waals surface area contributed by atoms with Gasteiger partial charge in [0.05, 0.1) is 0 Å². The molecule has 1 saturated carbocycles. The molecule has 16 heavy (non-hydrogen) atoms. The van der Waals surface area contributed by atoms with Crippen molar-refractivity contribution in [1.82, 2.24) is 5.43 Å². The Morgan fingerprint density at radius 3 is 2.81 bits per heavy atom. The highest BCUT2D eigenvalue weighted by Gasteiger charge is 2.24. The van der Waals surface area contributed by atoms with Crippen LogP contribution in [0.4, 0.5) is 0 Å². The van der Waals surface area contributed by atoms with Crippen LogP contribution in [0.2, 0.25) is 0 Å². The second-order valence-corrected chi connectivity index (χ2v) is 5.68. The number of benzene rings is 1. The summed E-state index contributed by atoms with van der Waals surface area (Å²) in [6.45, 7) is 2.16. The zero-order valence-corrected chi connectivity index (χ0v) is 10.6. The molecule has 0 amide bonds. The Labute approximate surface area is 102 Å². The van der Waals surface area contributed by atoms with E-state index in [1.807, 2.05) is 11.8 Å². The van der Waals surface area contributed by atoms with Gasteiger partial charge in [0.25, 0.3) is 0 Å². The molecule has 1 fully saturated rings. The molecule has 2 rings (SSSR count). The van der Waals surface area contributed by atoms with Crippen molar-refractivity contribution < 1.29 is 0 Å². The van der Waals surface area contributed by atoms with Gasteiger partial charge in [-0.2, -0.15) is 0 Å². The van der Waals surface area contributed by atoms with E-state index in [9.17, 15) is 0 Å². The van der Waals surface area contributed by atoms with Gasteiger partial charge in [0.1, 0.15) is 0 Å². The summed E-state index contributed by atoms with van der Waals surface area (Å²) in [5, 5.41) is 0. The molecule has 1 unspecified atom stereocenters. The summed E-state index contributed by atoms with van der Waals surface area (Å²) in [4.78, 5) is 1.37. The van der Waals surface area contributed by atoms with E-state index in [-0.39, 0.29) is 0 Å². The molecule has 0 aliphatic heterocycles. The lowest BCUT2D eigenvalue weighted by Crippen LogP contribution is -2.37. The van der Waals surface area contributed by atoms with Crippen molar-refractivity contribution in [2.24, 2.45) is 11.8 Å². The van der Waals surface area contributed by atoms with Gasteiger partial charge >= 0.3 is 0 Å². The Kier molecular flexibility index (Phi) is 4.27. The Balaban J connectivity index is 1.82. The van der Waals surface area contributed by atoms with E-state index in [1.165, 1.54) is 29.7 Å². The highest BCUT2D eigenvalue weighted by Crippen LogP contribution is 2.34. The number of hydrogen-bond donors (Lipinski definition) is 2. The molecule has 0 spiro atoms. The highest BCUT2D eigenvalue weighted by atomic mass is 32.2. The maximum absolute atomic E-state index is 5.59. The maximum atomic E-state index is 5.59. The van der Waals surface area contributed by atoms with Crippen LogP contribution in [0.15, 0.2) is 29.2 Å². The van der Waals surface area contributed by atoms with Crippen LogP contribution in [0.1, 0.15) is 24.8 Å². The van der Waals surface area contributed by atoms with E-state index in [2.05, 4.69) is 36.6 Å². The molecule has 0 radical (unpaired) electrons. The third-order valence-electron chi connectivity index (χ3n) is 3.08. The smallest absolute Gasteiger partial charge is 0.0307 e. The molecule has 0 aromatic heterocycles. The Bertz CT molecular complexity index is 336. The van der Waals surface area contributed by atoms with Gasteiger partial charge < -0.3 is 0 Å². The minimum Gasteiger partial charge on any atom is -0.271 e. The number of rotatable bonds is 6. The fraction of sp³-hybridized carbons (Fsp3) is 0.538. The molecule has 3 N–H and O–H groups in total. The first-order chi connectivity index (χ1) is 7.79. The molecule has 1 atom stereocenters. The number of nitrogens with one attached hydrogen (secondary N) is 1. The fourth-order valence-electron chi connectivity index (χ4n) is 1.85. The van der Waals surface area contributed by atoms with Crippen LogP contribution in [0.3, 0.4) is 0 Å². The van der Waals surface area contributed by atoms with Crippen molar-refractivity contribution in [3.8, 4) is 0 Å². The average molecular weight is 236 g/mol. The Hall–Kier alpha value is -0.510. The summed E-state index contributed by atoms with van der Waals surface area (Å²) < 4.78 is 0. The summed E-state index contributed by atoms with van der Waals surface area (Å²) in [6, 6.07) is 8.99. The van der Waals surface area contributed by atoms with E-state index in [0.29, 0.717) is 6.04 Å². The van der Waals surface area contributed by atoms with Crippen molar-refractivity contribution >= 4 is 11.8 Å². The molecule has 1 aromatic rings. The SMILES string of the molecule is Cc1ccccc1SCC(CC1CC1)NN. The number of aryl methyl sites for hydroxylation is 1. The van der Waals surface area contributed by atoms with Crippen molar-refractivity contribution in [1.29, 1.82) is 0 Å². The van der Waals surface area contributed by atoms with Gasteiger partial charge in [-0.1, -0.05) is 31.0 Å². The molecule has 0 heterocycles. The molecule has 0 saturated heterocycles. The van der Waals surface area contributed by atoms with Crippen molar-refractivity contribution in [2.45, 2.75) is 37.1 Å². The van der Waals surface area contributed by atoms with Crippen LogP contribution < -0.4 is 11.3 Å². The van der Waals surface area contributed by atoms with E-state index in [0.717, 1.165) is 11.7 Å². The van der Waals surface area contributed by atoms with Crippen LogP contribution in [-0.4, -0.2) is 11.8 Å². The standard InChI is InChI=1S/C13H20N2S/c1-10-4-2-3-5-13(10)16-9-12(15-14)8-11-6-7-11/h2-5,11-12,15H,6-9,14H2,1H3. The molecular weight excluding hydrogens is 216 g/mol. The summed E-state index contributed by atoms with van der Waals surface area (Å²) in [7, 11) is 0. The minimum absolute atomic E-state index is 0.456. The first-order valence-electron chi connectivity index (χ1n) is 5.94. The quantitative estimate of drug-likeness (QED) is 0.453. The highest BCUT2D eigenvalue weighted by molar-refractivity contribution is 7.99. The van der Waals surface area contributed by atoms with Crippen LogP contribution in [0.25, 0.3) is 0 Å². The third-order valence-corrected chi connectivity index (χ3v) is 4.42. The first-order valence-corrected chi connectivity index (χ1v) is 6.92. The molecular formula is C13H20N2S. The van der Waals surface area contributed by atoms with Gasteiger partial charge in [-0.05, 0) is 30.9 Å². The minimum atomic E-state index is 0.456. The monoisotopic (exact) mass is 236 g/mol. The van der Waals surface area contributed by atoms with Crippen molar-refractivity contribution in [3.05, 3.63) is 29.8 Å². The zero-order valence-electron chi connectivity index (χ0n) is 9.78. The second kappa shape index (κ2) is 5.71. The van der Waals surface area contributed by atoms with Gasteiger partial charge in [0.15, 0.2) is 0 Å². The van der Waals surface area contributed by atoms with E-state index in [4.69, 9.17) is 5.84 Å². The normalized spacial score (nSPS) is 17.4. The fourth-order valence-corrected chi connectivity index (χ4v) is 2.93. The summed E-state index contributed by atoms with van der Waals surface area (Å²) >= 11 is 1.91. The lowest BCUT2D eigenvalue weighted by molar-refractivity contribution is 0.508. The Morgan fingerprint density at radius 1 is 1.44 bits per heavy atom. The summed E-state index contributed by atoms with van der Waals surface area (Å²) in [6.07, 6.45) is 4.02. The number of thioether (sulfide) groups is 1. The van der Waals surface area contributed by atoms with Crippen LogP contribution in [0.5, 0.6) is 0 Å². The predicted molar refractivity (Wildman–Crippen MR) is 70.4 cm³/mol. The number of hydrazine groups is 1. The molecule has 2 nitrogen and oxygen atoms in total. The molecule has 88 valence electrons. The van der Waals surface area contributed by atoms with Gasteiger partial charge in [-0.15, -0.1) is 11.8 Å². The van der Waals surface area contributed by atoms with Crippen LogP contribution in [0, 0.1) is 12.8 Å². The van der Waals surface area contributed by atoms with Gasteiger partial charge in [0, 0.05) is 16.7 Å². The van der Waals surface area contributed by atoms with E-state index >= 15 is 0 Å². The van der Waals surface area contributed by atoms with Crippen molar-refractivity contribution in [2.75, 3.05) is 5.75 Å². The topological polar surface area (TPSA) is 38.0 Å². The summed E-state index contributed by atoms with van der Waals surface area (Å²) in [5.41, 5.74) is 4.30. The van der Waals surface area contributed by atoms with Crippen LogP contribution >= 0.6 is 11.8 Å². The zero-order chi connectivity index (χ0) is 11.4. The molecule has 1 aliphatic carbocycles. The van der Waals surface area contributed by atoms with Crippen LogP contribution in [-0.2, 0) is 0 Å². The molecule has 0 bridgehead atoms. The van der Waals surface area contributed by atoms with Crippen molar-refractivity contribution in [3.63, 3.8) is 0 Å². The number of hydrogen-bond acceptors (Lipinski definition) is 3.